The smallest absolute Gasteiger partial charge is 0.250 e. The molecule has 0 fully saturated rings. The molecule has 0 heterocycles. The van der Waals surface area contributed by atoms with E-state index in [-0.39, 0.29) is 24.7 Å². The lowest BCUT2D eigenvalue weighted by Gasteiger charge is -2.19. The first-order chi connectivity index (χ1) is 9.85. The molecule has 0 saturated heterocycles. The summed E-state index contributed by atoms with van der Waals surface area (Å²) in [4.78, 5) is 11.9. The molecule has 1 aromatic carbocycles. The summed E-state index contributed by atoms with van der Waals surface area (Å²) in [5.74, 6) is 5.30. The van der Waals surface area contributed by atoms with Crippen LogP contribution in [0.1, 0.15) is 38.8 Å². The van der Waals surface area contributed by atoms with Crippen molar-refractivity contribution in [1.29, 1.82) is 0 Å². The maximum Gasteiger partial charge on any atom is 0.250 e. The first-order valence-electron chi connectivity index (χ1n) is 7.02. The Morgan fingerprint density at radius 2 is 2.10 bits per heavy atom. The average molecular weight is 289 g/mol. The quantitative estimate of drug-likeness (QED) is 0.837. The van der Waals surface area contributed by atoms with Crippen LogP contribution in [0.2, 0.25) is 0 Å². The lowest BCUT2D eigenvalue weighted by molar-refractivity contribution is -0.125. The Morgan fingerprint density at radius 1 is 1.38 bits per heavy atom. The summed E-state index contributed by atoms with van der Waals surface area (Å²) in [6, 6.07) is 5.57. The Hall–Kier alpha value is -1.83. The number of ether oxygens (including phenoxy) is 1. The van der Waals surface area contributed by atoms with E-state index in [1.54, 1.807) is 0 Å². The van der Waals surface area contributed by atoms with Crippen molar-refractivity contribution < 1.29 is 14.6 Å². The number of carbonyl (C=O) groups excluding carboxylic acids is 1. The molecule has 0 aromatic heterocycles. The van der Waals surface area contributed by atoms with Crippen molar-refractivity contribution in [3.63, 3.8) is 0 Å². The summed E-state index contributed by atoms with van der Waals surface area (Å²) >= 11 is 0. The van der Waals surface area contributed by atoms with Gasteiger partial charge in [0.05, 0.1) is 5.60 Å². The molecule has 1 amide bonds. The molecule has 0 unspecified atom stereocenters. The van der Waals surface area contributed by atoms with Gasteiger partial charge in [0, 0.05) is 11.3 Å². The first kappa shape index (κ1) is 17.2. The van der Waals surface area contributed by atoms with Crippen LogP contribution in [0.25, 0.3) is 0 Å². The number of rotatable bonds is 4. The highest BCUT2D eigenvalue weighted by Crippen LogP contribution is 2.18. The SMILES string of the molecule is CCc1cc(C#CCO)ccc1NC(=O)COC(C)(C)C. The van der Waals surface area contributed by atoms with Gasteiger partial charge < -0.3 is 15.2 Å². The molecule has 0 atom stereocenters. The molecule has 1 aromatic rings. The molecule has 4 nitrogen and oxygen atoms in total. The van der Waals surface area contributed by atoms with Crippen LogP contribution >= 0.6 is 0 Å². The zero-order valence-corrected chi connectivity index (χ0v) is 13.1. The van der Waals surface area contributed by atoms with Crippen molar-refractivity contribution in [2.24, 2.45) is 0 Å². The van der Waals surface area contributed by atoms with E-state index in [0.29, 0.717) is 0 Å². The van der Waals surface area contributed by atoms with Crippen LogP contribution in [0.3, 0.4) is 0 Å². The minimum Gasteiger partial charge on any atom is -0.384 e. The van der Waals surface area contributed by atoms with Crippen molar-refractivity contribution >= 4 is 11.6 Å². The van der Waals surface area contributed by atoms with Crippen molar-refractivity contribution in [3.05, 3.63) is 29.3 Å². The van der Waals surface area contributed by atoms with Gasteiger partial charge in [-0.05, 0) is 51.0 Å². The van der Waals surface area contributed by atoms with Crippen LogP contribution < -0.4 is 5.32 Å². The highest BCUT2D eigenvalue weighted by Gasteiger charge is 2.13. The normalized spacial score (nSPS) is 10.7. The summed E-state index contributed by atoms with van der Waals surface area (Å²) in [6.07, 6.45) is 0.782. The molecule has 0 aliphatic heterocycles. The van der Waals surface area contributed by atoms with Gasteiger partial charge in [-0.1, -0.05) is 18.8 Å². The van der Waals surface area contributed by atoms with E-state index < -0.39 is 0 Å². The highest BCUT2D eigenvalue weighted by atomic mass is 16.5. The van der Waals surface area contributed by atoms with Gasteiger partial charge >= 0.3 is 0 Å². The molecule has 0 aliphatic carbocycles. The molecule has 2 N–H and O–H groups in total. The molecule has 0 radical (unpaired) electrons. The number of carbonyl (C=O) groups is 1. The van der Waals surface area contributed by atoms with Crippen molar-refractivity contribution in [2.75, 3.05) is 18.5 Å². The molecule has 0 bridgehead atoms. The van der Waals surface area contributed by atoms with Gasteiger partial charge in [-0.3, -0.25) is 4.79 Å². The van der Waals surface area contributed by atoms with Crippen LogP contribution in [-0.4, -0.2) is 29.8 Å². The van der Waals surface area contributed by atoms with E-state index in [0.717, 1.165) is 23.2 Å². The van der Waals surface area contributed by atoms with Crippen LogP contribution in [0, 0.1) is 11.8 Å². The minimum absolute atomic E-state index is 0.0265. The lowest BCUT2D eigenvalue weighted by atomic mass is 10.1. The lowest BCUT2D eigenvalue weighted by Crippen LogP contribution is -2.27. The van der Waals surface area contributed by atoms with E-state index in [4.69, 9.17) is 9.84 Å². The number of hydrogen-bond donors (Lipinski definition) is 2. The number of benzene rings is 1. The second kappa shape index (κ2) is 7.82. The monoisotopic (exact) mass is 289 g/mol. The summed E-state index contributed by atoms with van der Waals surface area (Å²) in [5, 5.41) is 11.6. The predicted octanol–water partition coefficient (Wildman–Crippen LogP) is 2.35. The zero-order valence-electron chi connectivity index (χ0n) is 13.1. The third-order valence-electron chi connectivity index (χ3n) is 2.71. The summed E-state index contributed by atoms with van der Waals surface area (Å²) < 4.78 is 5.45. The Morgan fingerprint density at radius 3 is 2.67 bits per heavy atom. The molecular formula is C17H23NO3. The third-order valence-corrected chi connectivity index (χ3v) is 2.71. The number of aliphatic hydroxyl groups is 1. The fourth-order valence-corrected chi connectivity index (χ4v) is 1.70. The second-order valence-electron chi connectivity index (χ2n) is 5.63. The third kappa shape index (κ3) is 6.44. The van der Waals surface area contributed by atoms with E-state index in [1.165, 1.54) is 0 Å². The van der Waals surface area contributed by atoms with Crippen molar-refractivity contribution in [2.45, 2.75) is 39.7 Å². The summed E-state index contributed by atoms with van der Waals surface area (Å²) in [6.45, 7) is 7.60. The molecule has 114 valence electrons. The van der Waals surface area contributed by atoms with Gasteiger partial charge in [-0.15, -0.1) is 0 Å². The van der Waals surface area contributed by atoms with Gasteiger partial charge in [-0.25, -0.2) is 0 Å². The Bertz CT molecular complexity index is 547. The minimum atomic E-state index is -0.339. The molecule has 0 spiro atoms. The molecular weight excluding hydrogens is 266 g/mol. The van der Waals surface area contributed by atoms with Gasteiger partial charge in [-0.2, -0.15) is 0 Å². The van der Waals surface area contributed by atoms with E-state index >= 15 is 0 Å². The topological polar surface area (TPSA) is 58.6 Å². The van der Waals surface area contributed by atoms with E-state index in [9.17, 15) is 4.79 Å². The number of aliphatic hydroxyl groups excluding tert-OH is 1. The number of aryl methyl sites for hydroxylation is 1. The van der Waals surface area contributed by atoms with Gasteiger partial charge in [0.2, 0.25) is 5.91 Å². The van der Waals surface area contributed by atoms with Gasteiger partial charge in [0.15, 0.2) is 0 Å². The van der Waals surface area contributed by atoms with Gasteiger partial charge in [0.1, 0.15) is 13.2 Å². The Balaban J connectivity index is 2.77. The standard InChI is InChI=1S/C17H23NO3/c1-5-14-11-13(7-6-10-19)8-9-15(14)18-16(20)12-21-17(2,3)4/h8-9,11,19H,5,10,12H2,1-4H3,(H,18,20). The highest BCUT2D eigenvalue weighted by molar-refractivity contribution is 5.92. The number of anilines is 1. The fourth-order valence-electron chi connectivity index (χ4n) is 1.70. The van der Waals surface area contributed by atoms with Crippen LogP contribution in [-0.2, 0) is 16.0 Å². The molecule has 0 aliphatic rings. The van der Waals surface area contributed by atoms with Crippen LogP contribution in [0.5, 0.6) is 0 Å². The number of hydrogen-bond acceptors (Lipinski definition) is 3. The molecule has 1 rings (SSSR count). The maximum absolute atomic E-state index is 11.9. The average Bonchev–Trinajstić information content (AvgIpc) is 2.43. The van der Waals surface area contributed by atoms with E-state index in [2.05, 4.69) is 17.2 Å². The molecule has 0 saturated carbocycles. The number of amides is 1. The van der Waals surface area contributed by atoms with Crippen LogP contribution in [0.4, 0.5) is 5.69 Å². The summed E-state index contributed by atoms with van der Waals surface area (Å²) in [7, 11) is 0. The van der Waals surface area contributed by atoms with Gasteiger partial charge in [0.25, 0.3) is 0 Å². The van der Waals surface area contributed by atoms with Crippen LogP contribution in [0.15, 0.2) is 18.2 Å². The van der Waals surface area contributed by atoms with E-state index in [1.807, 2.05) is 45.9 Å². The Kier molecular flexibility index (Phi) is 6.41. The number of nitrogens with one attached hydrogen (secondary N) is 1. The summed E-state index contributed by atoms with van der Waals surface area (Å²) in [5.41, 5.74) is 2.26. The molecule has 4 heteroatoms. The van der Waals surface area contributed by atoms with Crippen molar-refractivity contribution in [1.82, 2.24) is 0 Å². The zero-order chi connectivity index (χ0) is 15.9. The first-order valence-corrected chi connectivity index (χ1v) is 7.02. The Labute approximate surface area is 126 Å². The molecule has 21 heavy (non-hydrogen) atoms. The second-order valence-corrected chi connectivity index (χ2v) is 5.63. The maximum atomic E-state index is 11.9. The fraction of sp³-hybridized carbons (Fsp3) is 0.471. The van der Waals surface area contributed by atoms with Crippen molar-refractivity contribution in [3.8, 4) is 11.8 Å². The largest absolute Gasteiger partial charge is 0.384 e. The predicted molar refractivity (Wildman–Crippen MR) is 84.1 cm³/mol.